The first-order chi connectivity index (χ1) is 8.09. The Morgan fingerprint density at radius 2 is 2.12 bits per heavy atom. The van der Waals surface area contributed by atoms with E-state index in [0.717, 1.165) is 5.69 Å². The molecule has 1 aromatic carbocycles. The molecule has 0 radical (unpaired) electrons. The Morgan fingerprint density at radius 1 is 1.41 bits per heavy atom. The molecule has 0 saturated carbocycles. The lowest BCUT2D eigenvalue weighted by molar-refractivity contribution is -0.0543. The summed E-state index contributed by atoms with van der Waals surface area (Å²) in [6, 6.07) is 5.28. The van der Waals surface area contributed by atoms with Crippen molar-refractivity contribution in [3.63, 3.8) is 0 Å². The number of rotatable bonds is 3. The summed E-state index contributed by atoms with van der Waals surface area (Å²) in [5.74, 6) is 0. The first-order valence-electron chi connectivity index (χ1n) is 5.68. The number of nitrogens with one attached hydrogen (secondary N) is 1. The van der Waals surface area contributed by atoms with Crippen LogP contribution in [-0.2, 0) is 4.74 Å². The minimum atomic E-state index is -0.704. The van der Waals surface area contributed by atoms with E-state index >= 15 is 0 Å². The highest BCUT2D eigenvalue weighted by molar-refractivity contribution is 6.31. The fourth-order valence-electron chi connectivity index (χ4n) is 1.88. The Labute approximate surface area is 106 Å². The van der Waals surface area contributed by atoms with Crippen LogP contribution in [0.1, 0.15) is 12.8 Å². The van der Waals surface area contributed by atoms with Crippen molar-refractivity contribution in [1.82, 2.24) is 0 Å². The summed E-state index contributed by atoms with van der Waals surface area (Å²) in [6.07, 6.45) is 1.29. The van der Waals surface area contributed by atoms with Crippen molar-refractivity contribution < 1.29 is 9.84 Å². The van der Waals surface area contributed by atoms with Gasteiger partial charge in [0.25, 0.3) is 0 Å². The van der Waals surface area contributed by atoms with E-state index in [0.29, 0.717) is 43.3 Å². The van der Waals surface area contributed by atoms with Gasteiger partial charge < -0.3 is 20.9 Å². The summed E-state index contributed by atoms with van der Waals surface area (Å²) in [5, 5.41) is 14.0. The maximum atomic E-state index is 10.3. The molecule has 17 heavy (non-hydrogen) atoms. The zero-order valence-electron chi connectivity index (χ0n) is 9.58. The molecule has 2 rings (SSSR count). The van der Waals surface area contributed by atoms with Gasteiger partial charge in [-0.2, -0.15) is 0 Å². The van der Waals surface area contributed by atoms with Crippen molar-refractivity contribution in [2.45, 2.75) is 18.4 Å². The van der Waals surface area contributed by atoms with Crippen LogP contribution in [0.3, 0.4) is 0 Å². The van der Waals surface area contributed by atoms with Gasteiger partial charge in [0.2, 0.25) is 0 Å². The molecule has 4 N–H and O–H groups in total. The average Bonchev–Trinajstić information content (AvgIpc) is 2.29. The Morgan fingerprint density at radius 3 is 2.76 bits per heavy atom. The molecule has 1 fully saturated rings. The second kappa shape index (κ2) is 5.12. The number of benzene rings is 1. The van der Waals surface area contributed by atoms with Crippen LogP contribution in [-0.4, -0.2) is 30.5 Å². The highest BCUT2D eigenvalue weighted by Gasteiger charge is 2.29. The van der Waals surface area contributed by atoms with E-state index in [-0.39, 0.29) is 0 Å². The van der Waals surface area contributed by atoms with Gasteiger partial charge in [-0.05, 0) is 18.2 Å². The minimum absolute atomic E-state index is 0.474. The van der Waals surface area contributed by atoms with E-state index in [2.05, 4.69) is 5.32 Å². The fourth-order valence-corrected chi connectivity index (χ4v) is 2.06. The Bertz CT molecular complexity index is 392. The second-order valence-corrected chi connectivity index (χ2v) is 4.86. The Balaban J connectivity index is 1.97. The third kappa shape index (κ3) is 3.25. The van der Waals surface area contributed by atoms with Gasteiger partial charge in [-0.15, -0.1) is 0 Å². The maximum Gasteiger partial charge on any atom is 0.0863 e. The van der Waals surface area contributed by atoms with Gasteiger partial charge in [-0.1, -0.05) is 11.6 Å². The average molecular weight is 257 g/mol. The van der Waals surface area contributed by atoms with Crippen LogP contribution < -0.4 is 11.1 Å². The highest BCUT2D eigenvalue weighted by Crippen LogP contribution is 2.25. The standard InChI is InChI=1S/C12H17ClN2O2/c13-9-1-2-11(10(14)7-9)15-8-12(16)3-5-17-6-4-12/h1-2,7,15-16H,3-6,8,14H2. The number of hydrogen-bond acceptors (Lipinski definition) is 4. The Kier molecular flexibility index (Phi) is 3.76. The van der Waals surface area contributed by atoms with Crippen LogP contribution >= 0.6 is 11.6 Å². The fraction of sp³-hybridized carbons (Fsp3) is 0.500. The molecule has 0 spiro atoms. The number of nitrogen functional groups attached to an aromatic ring is 1. The van der Waals surface area contributed by atoms with Crippen LogP contribution in [0.4, 0.5) is 11.4 Å². The van der Waals surface area contributed by atoms with Crippen molar-refractivity contribution in [1.29, 1.82) is 0 Å². The van der Waals surface area contributed by atoms with Crippen LogP contribution in [0.2, 0.25) is 5.02 Å². The first kappa shape index (κ1) is 12.5. The highest BCUT2D eigenvalue weighted by atomic mass is 35.5. The van der Waals surface area contributed by atoms with Crippen LogP contribution in [0, 0.1) is 0 Å². The van der Waals surface area contributed by atoms with Crippen molar-refractivity contribution in [2.24, 2.45) is 0 Å². The van der Waals surface area contributed by atoms with Gasteiger partial charge in [0.1, 0.15) is 0 Å². The third-order valence-corrected chi connectivity index (χ3v) is 3.28. The summed E-state index contributed by atoms with van der Waals surface area (Å²) in [4.78, 5) is 0. The predicted molar refractivity (Wildman–Crippen MR) is 69.4 cm³/mol. The SMILES string of the molecule is Nc1cc(Cl)ccc1NCC1(O)CCOCC1. The molecule has 0 aliphatic carbocycles. The van der Waals surface area contributed by atoms with E-state index in [4.69, 9.17) is 22.1 Å². The summed E-state index contributed by atoms with van der Waals surface area (Å²) in [6.45, 7) is 1.69. The van der Waals surface area contributed by atoms with Gasteiger partial charge in [-0.3, -0.25) is 0 Å². The van der Waals surface area contributed by atoms with Crippen LogP contribution in [0.25, 0.3) is 0 Å². The van der Waals surface area contributed by atoms with Crippen LogP contribution in [0.5, 0.6) is 0 Å². The van der Waals surface area contributed by atoms with Gasteiger partial charge in [0.15, 0.2) is 0 Å². The van der Waals surface area contributed by atoms with E-state index in [1.165, 1.54) is 0 Å². The predicted octanol–water partition coefficient (Wildman–Crippen LogP) is 1.88. The summed E-state index contributed by atoms with van der Waals surface area (Å²) < 4.78 is 5.23. The zero-order chi connectivity index (χ0) is 12.3. The number of halogens is 1. The summed E-state index contributed by atoms with van der Waals surface area (Å²) in [5.41, 5.74) is 6.51. The molecule has 0 bridgehead atoms. The summed E-state index contributed by atoms with van der Waals surface area (Å²) in [7, 11) is 0. The molecule has 0 atom stereocenters. The monoisotopic (exact) mass is 256 g/mol. The normalized spacial score (nSPS) is 18.9. The minimum Gasteiger partial charge on any atom is -0.397 e. The zero-order valence-corrected chi connectivity index (χ0v) is 10.3. The smallest absolute Gasteiger partial charge is 0.0863 e. The molecular formula is C12H17ClN2O2. The molecule has 94 valence electrons. The number of anilines is 2. The molecule has 1 heterocycles. The van der Waals surface area contributed by atoms with E-state index in [9.17, 15) is 5.11 Å². The lowest BCUT2D eigenvalue weighted by atomic mass is 9.94. The molecule has 1 aromatic rings. The molecule has 1 aliphatic heterocycles. The molecule has 0 aromatic heterocycles. The van der Waals surface area contributed by atoms with E-state index < -0.39 is 5.60 Å². The first-order valence-corrected chi connectivity index (χ1v) is 6.06. The van der Waals surface area contributed by atoms with Crippen LogP contribution in [0.15, 0.2) is 18.2 Å². The number of aliphatic hydroxyl groups is 1. The van der Waals surface area contributed by atoms with E-state index in [1.54, 1.807) is 12.1 Å². The van der Waals surface area contributed by atoms with E-state index in [1.807, 2.05) is 6.07 Å². The number of hydrogen-bond donors (Lipinski definition) is 3. The van der Waals surface area contributed by atoms with Crippen molar-refractivity contribution >= 4 is 23.0 Å². The summed E-state index contributed by atoms with van der Waals surface area (Å²) >= 11 is 5.82. The van der Waals surface area contributed by atoms with Gasteiger partial charge in [0.05, 0.1) is 17.0 Å². The van der Waals surface area contributed by atoms with Gasteiger partial charge in [-0.25, -0.2) is 0 Å². The molecule has 0 unspecified atom stereocenters. The molecular weight excluding hydrogens is 240 g/mol. The maximum absolute atomic E-state index is 10.3. The second-order valence-electron chi connectivity index (χ2n) is 4.42. The number of ether oxygens (including phenoxy) is 1. The van der Waals surface area contributed by atoms with Crippen molar-refractivity contribution in [3.05, 3.63) is 23.2 Å². The molecule has 4 nitrogen and oxygen atoms in total. The molecule has 5 heteroatoms. The van der Waals surface area contributed by atoms with Gasteiger partial charge in [0, 0.05) is 37.6 Å². The molecule has 0 amide bonds. The van der Waals surface area contributed by atoms with Crippen molar-refractivity contribution in [2.75, 3.05) is 30.8 Å². The quantitative estimate of drug-likeness (QED) is 0.723. The Hall–Kier alpha value is -0.970. The molecule has 1 saturated heterocycles. The van der Waals surface area contributed by atoms with Crippen molar-refractivity contribution in [3.8, 4) is 0 Å². The third-order valence-electron chi connectivity index (χ3n) is 3.05. The van der Waals surface area contributed by atoms with Gasteiger partial charge >= 0.3 is 0 Å². The largest absolute Gasteiger partial charge is 0.397 e. The topological polar surface area (TPSA) is 67.5 Å². The lowest BCUT2D eigenvalue weighted by Crippen LogP contribution is -2.42. The number of nitrogens with two attached hydrogens (primary N) is 1. The molecule has 1 aliphatic rings. The lowest BCUT2D eigenvalue weighted by Gasteiger charge is -2.32.